The number of rotatable bonds is 5. The van der Waals surface area contributed by atoms with E-state index in [9.17, 15) is 4.79 Å². The summed E-state index contributed by atoms with van der Waals surface area (Å²) in [5.74, 6) is -0.102. The van der Waals surface area contributed by atoms with Crippen molar-refractivity contribution >= 4 is 27.5 Å². The van der Waals surface area contributed by atoms with Crippen LogP contribution in [0.3, 0.4) is 0 Å². The van der Waals surface area contributed by atoms with Crippen molar-refractivity contribution in [2.45, 2.75) is 26.4 Å². The van der Waals surface area contributed by atoms with Gasteiger partial charge in [0.25, 0.3) is 5.91 Å². The summed E-state index contributed by atoms with van der Waals surface area (Å²) in [6, 6.07) is 9.58. The molecule has 0 radical (unpaired) electrons. The summed E-state index contributed by atoms with van der Waals surface area (Å²) in [4.78, 5) is 12.2. The number of halogens is 1. The number of nitrogens with one attached hydrogen (secondary N) is 1. The first kappa shape index (κ1) is 14.7. The molecule has 0 aliphatic carbocycles. The summed E-state index contributed by atoms with van der Waals surface area (Å²) < 4.78 is 2.90. The van der Waals surface area contributed by atoms with Gasteiger partial charge in [-0.1, -0.05) is 35.0 Å². The maximum atomic E-state index is 12.2. The lowest BCUT2D eigenvalue weighted by atomic mass is 10.2. The number of hydrogen-bond donors (Lipinski definition) is 2. The fourth-order valence-electron chi connectivity index (χ4n) is 2.07. The smallest absolute Gasteiger partial charge is 0.268 e. The van der Waals surface area contributed by atoms with E-state index in [4.69, 9.17) is 5.73 Å². The molecule has 0 saturated heterocycles. The minimum atomic E-state index is -0.102. The second-order valence-corrected chi connectivity index (χ2v) is 5.58. The van der Waals surface area contributed by atoms with Crippen LogP contribution in [-0.2, 0) is 13.1 Å². The molecule has 0 saturated carbocycles. The van der Waals surface area contributed by atoms with Gasteiger partial charge < -0.3 is 15.6 Å². The van der Waals surface area contributed by atoms with E-state index in [-0.39, 0.29) is 5.91 Å². The molecule has 5 heteroatoms. The molecule has 20 heavy (non-hydrogen) atoms. The maximum absolute atomic E-state index is 12.2. The van der Waals surface area contributed by atoms with Gasteiger partial charge in [0.05, 0.1) is 5.69 Å². The topological polar surface area (TPSA) is 60.0 Å². The molecular formula is C15H18BrN3O. The predicted molar refractivity (Wildman–Crippen MR) is 84.4 cm³/mol. The summed E-state index contributed by atoms with van der Waals surface area (Å²) in [7, 11) is 0. The van der Waals surface area contributed by atoms with Crippen molar-refractivity contribution in [2.24, 2.45) is 0 Å². The van der Waals surface area contributed by atoms with Crippen molar-refractivity contribution in [1.82, 2.24) is 9.88 Å². The van der Waals surface area contributed by atoms with Gasteiger partial charge in [0.1, 0.15) is 5.69 Å². The number of carbonyl (C=O) groups excluding carboxylic acids is 1. The van der Waals surface area contributed by atoms with Gasteiger partial charge in [0, 0.05) is 23.8 Å². The number of nitrogen functional groups attached to an aromatic ring is 1. The van der Waals surface area contributed by atoms with Crippen LogP contribution in [0.5, 0.6) is 0 Å². The zero-order chi connectivity index (χ0) is 14.5. The highest BCUT2D eigenvalue weighted by Gasteiger charge is 2.12. The molecule has 0 aliphatic rings. The normalized spacial score (nSPS) is 10.5. The predicted octanol–water partition coefficient (Wildman–Crippen LogP) is 3.17. The van der Waals surface area contributed by atoms with E-state index in [1.807, 2.05) is 28.8 Å². The Bertz CT molecular complexity index is 607. The molecule has 4 nitrogen and oxygen atoms in total. The van der Waals surface area contributed by atoms with E-state index < -0.39 is 0 Å². The Labute approximate surface area is 127 Å². The zero-order valence-electron chi connectivity index (χ0n) is 11.4. The van der Waals surface area contributed by atoms with Gasteiger partial charge in [-0.3, -0.25) is 4.79 Å². The van der Waals surface area contributed by atoms with Gasteiger partial charge in [0.15, 0.2) is 0 Å². The average molecular weight is 336 g/mol. The molecule has 0 spiro atoms. The summed E-state index contributed by atoms with van der Waals surface area (Å²) in [5.41, 5.74) is 8.05. The number of carbonyl (C=O) groups is 1. The van der Waals surface area contributed by atoms with E-state index in [2.05, 4.69) is 28.2 Å². The Hall–Kier alpha value is -1.75. The number of nitrogens with zero attached hydrogens (tertiary/aromatic N) is 1. The second kappa shape index (κ2) is 6.61. The molecule has 0 bridgehead atoms. The van der Waals surface area contributed by atoms with Gasteiger partial charge >= 0.3 is 0 Å². The number of aryl methyl sites for hydroxylation is 1. The first-order valence-electron chi connectivity index (χ1n) is 6.58. The largest absolute Gasteiger partial charge is 0.397 e. The monoisotopic (exact) mass is 335 g/mol. The third-order valence-corrected chi connectivity index (χ3v) is 3.45. The van der Waals surface area contributed by atoms with Crippen molar-refractivity contribution in [3.8, 4) is 0 Å². The minimum absolute atomic E-state index is 0.102. The molecule has 0 fully saturated rings. The van der Waals surface area contributed by atoms with Crippen molar-refractivity contribution in [1.29, 1.82) is 0 Å². The van der Waals surface area contributed by atoms with Crippen LogP contribution in [0.2, 0.25) is 0 Å². The molecule has 3 N–H and O–H groups in total. The fraction of sp³-hybridized carbons (Fsp3) is 0.267. The van der Waals surface area contributed by atoms with Crippen LogP contribution in [-0.4, -0.2) is 10.5 Å². The molecule has 0 aliphatic heterocycles. The third-order valence-electron chi connectivity index (χ3n) is 2.96. The highest BCUT2D eigenvalue weighted by molar-refractivity contribution is 9.10. The Morgan fingerprint density at radius 1 is 1.40 bits per heavy atom. The molecule has 0 unspecified atom stereocenters. The average Bonchev–Trinajstić information content (AvgIpc) is 2.78. The van der Waals surface area contributed by atoms with Crippen molar-refractivity contribution in [3.63, 3.8) is 0 Å². The van der Waals surface area contributed by atoms with E-state index in [0.717, 1.165) is 23.0 Å². The summed E-state index contributed by atoms with van der Waals surface area (Å²) in [5, 5.41) is 2.92. The van der Waals surface area contributed by atoms with E-state index in [0.29, 0.717) is 17.9 Å². The number of anilines is 1. The lowest BCUT2D eigenvalue weighted by Gasteiger charge is -2.09. The van der Waals surface area contributed by atoms with Crippen LogP contribution in [0.15, 0.2) is 41.0 Å². The Kier molecular flexibility index (Phi) is 4.84. The number of benzene rings is 1. The van der Waals surface area contributed by atoms with Gasteiger partial charge in [-0.05, 0) is 30.2 Å². The van der Waals surface area contributed by atoms with E-state index >= 15 is 0 Å². The van der Waals surface area contributed by atoms with Crippen molar-refractivity contribution in [3.05, 3.63) is 52.3 Å². The molecule has 1 heterocycles. The highest BCUT2D eigenvalue weighted by atomic mass is 79.9. The second-order valence-electron chi connectivity index (χ2n) is 4.66. The number of amides is 1. The van der Waals surface area contributed by atoms with Crippen molar-refractivity contribution in [2.75, 3.05) is 5.73 Å². The lowest BCUT2D eigenvalue weighted by Crippen LogP contribution is -2.25. The Morgan fingerprint density at radius 2 is 2.20 bits per heavy atom. The van der Waals surface area contributed by atoms with Crippen LogP contribution in [0.4, 0.5) is 5.69 Å². The lowest BCUT2D eigenvalue weighted by molar-refractivity contribution is 0.0941. The number of aromatic nitrogens is 1. The van der Waals surface area contributed by atoms with E-state index in [1.54, 1.807) is 12.3 Å². The first-order valence-corrected chi connectivity index (χ1v) is 7.37. The van der Waals surface area contributed by atoms with Crippen LogP contribution in [0, 0.1) is 0 Å². The quantitative estimate of drug-likeness (QED) is 0.881. The molecule has 1 aromatic carbocycles. The zero-order valence-corrected chi connectivity index (χ0v) is 13.0. The molecule has 106 valence electrons. The fourth-order valence-corrected chi connectivity index (χ4v) is 2.52. The number of hydrogen-bond acceptors (Lipinski definition) is 2. The summed E-state index contributed by atoms with van der Waals surface area (Å²) in [6.45, 7) is 3.35. The maximum Gasteiger partial charge on any atom is 0.268 e. The molecule has 2 rings (SSSR count). The van der Waals surface area contributed by atoms with Crippen LogP contribution in [0.25, 0.3) is 0 Å². The van der Waals surface area contributed by atoms with Crippen LogP contribution in [0.1, 0.15) is 29.4 Å². The van der Waals surface area contributed by atoms with Gasteiger partial charge in [-0.15, -0.1) is 0 Å². The Morgan fingerprint density at radius 3 is 2.90 bits per heavy atom. The van der Waals surface area contributed by atoms with Crippen molar-refractivity contribution < 1.29 is 4.79 Å². The molecule has 2 aromatic rings. The van der Waals surface area contributed by atoms with Crippen LogP contribution >= 0.6 is 15.9 Å². The molecule has 1 aromatic heterocycles. The molecule has 0 atom stereocenters. The standard InChI is InChI=1S/C15H18BrN3O/c1-2-6-19-10-13(17)8-14(19)15(20)18-9-11-4-3-5-12(16)7-11/h3-5,7-8,10H,2,6,9,17H2,1H3,(H,18,20). The van der Waals surface area contributed by atoms with Gasteiger partial charge in [0.2, 0.25) is 0 Å². The van der Waals surface area contributed by atoms with Gasteiger partial charge in [-0.25, -0.2) is 0 Å². The number of nitrogens with two attached hydrogens (primary N) is 1. The minimum Gasteiger partial charge on any atom is -0.397 e. The SMILES string of the molecule is CCCn1cc(N)cc1C(=O)NCc1cccc(Br)c1. The van der Waals surface area contributed by atoms with E-state index in [1.165, 1.54) is 0 Å². The molecule has 1 amide bonds. The van der Waals surface area contributed by atoms with Crippen LogP contribution < -0.4 is 11.1 Å². The highest BCUT2D eigenvalue weighted by Crippen LogP contribution is 2.13. The Balaban J connectivity index is 2.05. The molecular weight excluding hydrogens is 318 g/mol. The third kappa shape index (κ3) is 3.63. The van der Waals surface area contributed by atoms with Gasteiger partial charge in [-0.2, -0.15) is 0 Å². The summed E-state index contributed by atoms with van der Waals surface area (Å²) >= 11 is 3.42. The summed E-state index contributed by atoms with van der Waals surface area (Å²) in [6.07, 6.45) is 2.76. The first-order chi connectivity index (χ1) is 9.60.